The lowest BCUT2D eigenvalue weighted by Crippen LogP contribution is -2.35. The molecule has 0 bridgehead atoms. The van der Waals surface area contributed by atoms with Crippen molar-refractivity contribution in [2.45, 2.75) is 25.7 Å². The normalized spacial score (nSPS) is 16.5. The van der Waals surface area contributed by atoms with E-state index in [0.717, 1.165) is 12.8 Å². The molecule has 2 rings (SSSR count). The van der Waals surface area contributed by atoms with Gasteiger partial charge in [-0.3, -0.25) is 9.59 Å². The van der Waals surface area contributed by atoms with Gasteiger partial charge in [0.1, 0.15) is 5.82 Å². The molecular formula is C14H20N4O3. The van der Waals surface area contributed by atoms with Crippen LogP contribution in [0.5, 0.6) is 0 Å². The first-order chi connectivity index (χ1) is 9.94. The van der Waals surface area contributed by atoms with Crippen molar-refractivity contribution in [2.24, 2.45) is 5.41 Å². The lowest BCUT2D eigenvalue weighted by atomic mass is 9.86. The fraction of sp³-hybridized carbons (Fsp3) is 0.571. The van der Waals surface area contributed by atoms with E-state index in [9.17, 15) is 14.7 Å². The largest absolute Gasteiger partial charge is 0.481 e. The molecule has 21 heavy (non-hydrogen) atoms. The van der Waals surface area contributed by atoms with Crippen LogP contribution in [0.1, 0.15) is 36.2 Å². The fourth-order valence-electron chi connectivity index (χ4n) is 2.55. The molecule has 7 nitrogen and oxygen atoms in total. The molecule has 1 saturated carbocycles. The highest BCUT2D eigenvalue weighted by molar-refractivity contribution is 5.91. The Kier molecular flexibility index (Phi) is 4.40. The van der Waals surface area contributed by atoms with Gasteiger partial charge in [-0.15, -0.1) is 10.2 Å². The maximum atomic E-state index is 11.7. The minimum atomic E-state index is -0.764. The van der Waals surface area contributed by atoms with Gasteiger partial charge in [-0.05, 0) is 25.0 Å². The Hall–Kier alpha value is -2.18. The SMILES string of the molecule is CN(C)C(=O)c1ccc(NCC2(C(=O)O)CCCC2)nn1. The van der Waals surface area contributed by atoms with Crippen molar-refractivity contribution in [1.29, 1.82) is 0 Å². The summed E-state index contributed by atoms with van der Waals surface area (Å²) < 4.78 is 0. The molecule has 0 aromatic carbocycles. The Morgan fingerprint density at radius 2 is 1.95 bits per heavy atom. The predicted octanol–water partition coefficient (Wildman–Crippen LogP) is 1.24. The number of carboxylic acid groups (broad SMARTS) is 1. The zero-order chi connectivity index (χ0) is 15.5. The second-order valence-electron chi connectivity index (χ2n) is 5.65. The van der Waals surface area contributed by atoms with Crippen molar-refractivity contribution in [3.05, 3.63) is 17.8 Å². The number of aromatic nitrogens is 2. The van der Waals surface area contributed by atoms with Gasteiger partial charge in [0, 0.05) is 20.6 Å². The highest BCUT2D eigenvalue weighted by Gasteiger charge is 2.41. The summed E-state index contributed by atoms with van der Waals surface area (Å²) in [7, 11) is 3.29. The summed E-state index contributed by atoms with van der Waals surface area (Å²) in [6, 6.07) is 3.23. The minimum Gasteiger partial charge on any atom is -0.481 e. The van der Waals surface area contributed by atoms with Gasteiger partial charge in [-0.1, -0.05) is 12.8 Å². The molecule has 1 aromatic heterocycles. The van der Waals surface area contributed by atoms with Gasteiger partial charge in [0.25, 0.3) is 5.91 Å². The van der Waals surface area contributed by atoms with E-state index in [4.69, 9.17) is 0 Å². The molecule has 0 atom stereocenters. The van der Waals surface area contributed by atoms with Crippen molar-refractivity contribution in [2.75, 3.05) is 26.0 Å². The van der Waals surface area contributed by atoms with Gasteiger partial charge < -0.3 is 15.3 Å². The van der Waals surface area contributed by atoms with Gasteiger partial charge >= 0.3 is 5.97 Å². The summed E-state index contributed by atoms with van der Waals surface area (Å²) in [5.74, 6) is -0.496. The molecule has 7 heteroatoms. The van der Waals surface area contributed by atoms with Crippen molar-refractivity contribution in [3.63, 3.8) is 0 Å². The average Bonchev–Trinajstić information content (AvgIpc) is 2.95. The molecule has 1 aliphatic rings. The molecule has 1 aromatic rings. The fourth-order valence-corrected chi connectivity index (χ4v) is 2.55. The van der Waals surface area contributed by atoms with Crippen LogP contribution in [0.3, 0.4) is 0 Å². The van der Waals surface area contributed by atoms with Crippen LogP contribution in [-0.2, 0) is 4.79 Å². The quantitative estimate of drug-likeness (QED) is 0.847. The molecule has 0 spiro atoms. The number of nitrogens with one attached hydrogen (secondary N) is 1. The number of anilines is 1. The minimum absolute atomic E-state index is 0.216. The number of aliphatic carboxylic acids is 1. The summed E-state index contributed by atoms with van der Waals surface area (Å²) in [6.07, 6.45) is 3.24. The highest BCUT2D eigenvalue weighted by Crippen LogP contribution is 2.38. The Labute approximate surface area is 123 Å². The molecule has 0 saturated heterocycles. The monoisotopic (exact) mass is 292 g/mol. The third kappa shape index (κ3) is 3.29. The first kappa shape index (κ1) is 15.2. The van der Waals surface area contributed by atoms with E-state index in [1.165, 1.54) is 4.90 Å². The van der Waals surface area contributed by atoms with Gasteiger partial charge in [-0.2, -0.15) is 0 Å². The van der Waals surface area contributed by atoms with Gasteiger partial charge in [-0.25, -0.2) is 0 Å². The second kappa shape index (κ2) is 6.07. The molecule has 1 fully saturated rings. The number of carbonyl (C=O) groups excluding carboxylic acids is 1. The van der Waals surface area contributed by atoms with Gasteiger partial charge in [0.2, 0.25) is 0 Å². The zero-order valence-corrected chi connectivity index (χ0v) is 12.3. The van der Waals surface area contributed by atoms with Gasteiger partial charge in [0.05, 0.1) is 5.41 Å². The van der Waals surface area contributed by atoms with E-state index in [-0.39, 0.29) is 11.6 Å². The molecule has 1 aliphatic carbocycles. The van der Waals surface area contributed by atoms with E-state index in [0.29, 0.717) is 25.2 Å². The third-order valence-electron chi connectivity index (χ3n) is 3.91. The highest BCUT2D eigenvalue weighted by atomic mass is 16.4. The van der Waals surface area contributed by atoms with Crippen LogP contribution < -0.4 is 5.32 Å². The Balaban J connectivity index is 2.00. The first-order valence-electron chi connectivity index (χ1n) is 6.97. The number of hydrogen-bond acceptors (Lipinski definition) is 5. The standard InChI is InChI=1S/C14H20N4O3/c1-18(2)12(19)10-5-6-11(17-16-10)15-9-14(13(20)21)7-3-4-8-14/h5-6H,3-4,7-9H2,1-2H3,(H,15,17)(H,20,21). The molecule has 2 N–H and O–H groups in total. The molecule has 0 unspecified atom stereocenters. The van der Waals surface area contributed by atoms with Crippen LogP contribution in [-0.4, -0.2) is 52.7 Å². The smallest absolute Gasteiger partial charge is 0.311 e. The third-order valence-corrected chi connectivity index (χ3v) is 3.91. The van der Waals surface area contributed by atoms with E-state index >= 15 is 0 Å². The lowest BCUT2D eigenvalue weighted by molar-refractivity contribution is -0.147. The van der Waals surface area contributed by atoms with Crippen LogP contribution in [0.25, 0.3) is 0 Å². The molecule has 0 radical (unpaired) electrons. The number of carbonyl (C=O) groups is 2. The van der Waals surface area contributed by atoms with Crippen LogP contribution >= 0.6 is 0 Å². The van der Waals surface area contributed by atoms with E-state index in [1.54, 1.807) is 26.2 Å². The van der Waals surface area contributed by atoms with Crippen LogP contribution in [0.4, 0.5) is 5.82 Å². The summed E-state index contributed by atoms with van der Waals surface area (Å²) >= 11 is 0. The maximum Gasteiger partial charge on any atom is 0.311 e. The molecule has 114 valence electrons. The van der Waals surface area contributed by atoms with E-state index < -0.39 is 11.4 Å². The molecule has 1 heterocycles. The Morgan fingerprint density at radius 3 is 2.43 bits per heavy atom. The number of rotatable bonds is 5. The van der Waals surface area contributed by atoms with E-state index in [2.05, 4.69) is 15.5 Å². The van der Waals surface area contributed by atoms with Crippen molar-refractivity contribution < 1.29 is 14.7 Å². The number of amides is 1. The molecular weight excluding hydrogens is 272 g/mol. The Bertz CT molecular complexity index is 522. The lowest BCUT2D eigenvalue weighted by Gasteiger charge is -2.24. The molecule has 0 aliphatic heterocycles. The average molecular weight is 292 g/mol. The summed E-state index contributed by atoms with van der Waals surface area (Å²) in [4.78, 5) is 24.6. The predicted molar refractivity (Wildman–Crippen MR) is 77.1 cm³/mol. The summed E-state index contributed by atoms with van der Waals surface area (Å²) in [5, 5.41) is 20.2. The summed E-state index contributed by atoms with van der Waals surface area (Å²) in [5.41, 5.74) is -0.445. The zero-order valence-electron chi connectivity index (χ0n) is 12.3. The summed E-state index contributed by atoms with van der Waals surface area (Å²) in [6.45, 7) is 0.331. The van der Waals surface area contributed by atoms with Crippen LogP contribution in [0.15, 0.2) is 12.1 Å². The van der Waals surface area contributed by atoms with Crippen molar-refractivity contribution >= 4 is 17.7 Å². The van der Waals surface area contributed by atoms with Crippen LogP contribution in [0.2, 0.25) is 0 Å². The maximum absolute atomic E-state index is 11.7. The second-order valence-corrected chi connectivity index (χ2v) is 5.65. The van der Waals surface area contributed by atoms with Gasteiger partial charge in [0.15, 0.2) is 5.69 Å². The number of hydrogen-bond donors (Lipinski definition) is 2. The first-order valence-corrected chi connectivity index (χ1v) is 6.97. The number of nitrogens with zero attached hydrogens (tertiary/aromatic N) is 3. The van der Waals surface area contributed by atoms with E-state index in [1.807, 2.05) is 0 Å². The van der Waals surface area contributed by atoms with Crippen molar-refractivity contribution in [3.8, 4) is 0 Å². The molecule has 1 amide bonds. The Morgan fingerprint density at radius 1 is 1.29 bits per heavy atom. The van der Waals surface area contributed by atoms with Crippen molar-refractivity contribution in [1.82, 2.24) is 15.1 Å². The van der Waals surface area contributed by atoms with Crippen LogP contribution in [0, 0.1) is 5.41 Å². The number of carboxylic acids is 1. The topological polar surface area (TPSA) is 95.4 Å².